The van der Waals surface area contributed by atoms with E-state index < -0.39 is 5.91 Å². The third kappa shape index (κ3) is 3.09. The highest BCUT2D eigenvalue weighted by Crippen LogP contribution is 2.30. The van der Waals surface area contributed by atoms with E-state index in [9.17, 15) is 4.79 Å². The number of carbonyl (C=O) groups is 1. The first kappa shape index (κ1) is 11.7. The molecule has 2 N–H and O–H groups in total. The van der Waals surface area contributed by atoms with Crippen molar-refractivity contribution in [3.63, 3.8) is 0 Å². The van der Waals surface area contributed by atoms with Gasteiger partial charge in [-0.15, -0.1) is 0 Å². The van der Waals surface area contributed by atoms with E-state index in [1.165, 1.54) is 6.20 Å². The van der Waals surface area contributed by atoms with Crippen LogP contribution in [0.4, 0.5) is 0 Å². The summed E-state index contributed by atoms with van der Waals surface area (Å²) in [5.74, 6) is 0.371. The number of amides is 1. The summed E-state index contributed by atoms with van der Waals surface area (Å²) in [5.41, 5.74) is 5.56. The van der Waals surface area contributed by atoms with Crippen LogP contribution in [0.1, 0.15) is 37.0 Å². The fourth-order valence-electron chi connectivity index (χ4n) is 1.37. The number of rotatable bonds is 5. The minimum atomic E-state index is -0.538. The Morgan fingerprint density at radius 1 is 1.53 bits per heavy atom. The molecule has 17 heavy (non-hydrogen) atoms. The zero-order valence-electron chi connectivity index (χ0n) is 9.97. The number of aromatic nitrogens is 1. The van der Waals surface area contributed by atoms with Gasteiger partial charge in [-0.2, -0.15) is 0 Å². The van der Waals surface area contributed by atoms with Crippen molar-refractivity contribution in [1.29, 1.82) is 0 Å². The number of hydrogen-bond acceptors (Lipinski definition) is 4. The Labute approximate surface area is 99.9 Å². The third-order valence-electron chi connectivity index (χ3n) is 2.28. The molecule has 1 aliphatic carbocycles. The van der Waals surface area contributed by atoms with Gasteiger partial charge in [-0.1, -0.05) is 0 Å². The number of hydrogen-bond donors (Lipinski definition) is 1. The fraction of sp³-hybridized carbons (Fsp3) is 0.500. The van der Waals surface area contributed by atoms with Gasteiger partial charge in [0.15, 0.2) is 0 Å². The molecule has 1 saturated carbocycles. The van der Waals surface area contributed by atoms with Crippen LogP contribution in [0.25, 0.3) is 0 Å². The smallest absolute Gasteiger partial charge is 0.254 e. The van der Waals surface area contributed by atoms with Crippen LogP contribution >= 0.6 is 0 Å². The molecule has 1 aromatic heterocycles. The summed E-state index contributed by atoms with van der Waals surface area (Å²) in [6.07, 6.45) is 3.65. The first-order valence-electron chi connectivity index (χ1n) is 5.69. The zero-order valence-corrected chi connectivity index (χ0v) is 9.97. The lowest BCUT2D eigenvalue weighted by Crippen LogP contribution is -2.15. The Bertz CT molecular complexity index is 428. The molecule has 0 bridgehead atoms. The quantitative estimate of drug-likeness (QED) is 0.840. The lowest BCUT2D eigenvalue weighted by molar-refractivity contribution is 0.0995. The lowest BCUT2D eigenvalue weighted by Gasteiger charge is -2.12. The van der Waals surface area contributed by atoms with Gasteiger partial charge in [0.05, 0.1) is 17.8 Å². The van der Waals surface area contributed by atoms with Crippen molar-refractivity contribution in [3.8, 4) is 11.6 Å². The number of pyridine rings is 1. The van der Waals surface area contributed by atoms with Gasteiger partial charge < -0.3 is 15.2 Å². The third-order valence-corrected chi connectivity index (χ3v) is 2.28. The largest absolute Gasteiger partial charge is 0.489 e. The normalized spacial score (nSPS) is 14.8. The molecule has 5 heteroatoms. The molecule has 0 aliphatic heterocycles. The maximum Gasteiger partial charge on any atom is 0.254 e. The van der Waals surface area contributed by atoms with Crippen molar-refractivity contribution in [2.24, 2.45) is 5.73 Å². The molecule has 0 unspecified atom stereocenters. The van der Waals surface area contributed by atoms with Crippen molar-refractivity contribution in [1.82, 2.24) is 4.98 Å². The molecule has 5 nitrogen and oxygen atoms in total. The summed E-state index contributed by atoms with van der Waals surface area (Å²) in [6, 6.07) is 1.62. The van der Waals surface area contributed by atoms with Crippen molar-refractivity contribution < 1.29 is 14.3 Å². The second-order valence-corrected chi connectivity index (χ2v) is 4.37. The first-order chi connectivity index (χ1) is 8.06. The summed E-state index contributed by atoms with van der Waals surface area (Å²) in [6.45, 7) is 3.82. The lowest BCUT2D eigenvalue weighted by atomic mass is 10.2. The van der Waals surface area contributed by atoms with Crippen LogP contribution in [0, 0.1) is 0 Å². The molecule has 1 fully saturated rings. The Morgan fingerprint density at radius 2 is 2.24 bits per heavy atom. The van der Waals surface area contributed by atoms with Crippen LogP contribution in [0.5, 0.6) is 11.6 Å². The maximum absolute atomic E-state index is 11.2. The number of nitrogens with zero attached hydrogens (tertiary/aromatic N) is 1. The minimum absolute atomic E-state index is 0.0238. The van der Waals surface area contributed by atoms with E-state index in [1.807, 2.05) is 13.8 Å². The topological polar surface area (TPSA) is 74.4 Å². The Hall–Kier alpha value is -1.78. The van der Waals surface area contributed by atoms with Gasteiger partial charge in [0, 0.05) is 12.3 Å². The fourth-order valence-corrected chi connectivity index (χ4v) is 1.37. The van der Waals surface area contributed by atoms with Crippen LogP contribution in [-0.4, -0.2) is 23.1 Å². The molecule has 0 aromatic carbocycles. The van der Waals surface area contributed by atoms with Crippen LogP contribution < -0.4 is 15.2 Å². The van der Waals surface area contributed by atoms with Crippen molar-refractivity contribution in [2.75, 3.05) is 0 Å². The second kappa shape index (κ2) is 4.61. The summed E-state index contributed by atoms with van der Waals surface area (Å²) in [4.78, 5) is 15.2. The molecule has 0 radical (unpaired) electrons. The van der Waals surface area contributed by atoms with E-state index in [1.54, 1.807) is 6.07 Å². The molecule has 0 atom stereocenters. The molecule has 0 spiro atoms. The van der Waals surface area contributed by atoms with Gasteiger partial charge in [0.1, 0.15) is 5.75 Å². The molecule has 1 aliphatic rings. The Morgan fingerprint density at radius 3 is 2.76 bits per heavy atom. The molecule has 2 rings (SSSR count). The molecular formula is C12H16N2O3. The monoisotopic (exact) mass is 236 g/mol. The summed E-state index contributed by atoms with van der Waals surface area (Å²) in [5, 5.41) is 0. The van der Waals surface area contributed by atoms with Gasteiger partial charge >= 0.3 is 0 Å². The number of nitrogens with two attached hydrogens (primary N) is 1. The van der Waals surface area contributed by atoms with Crippen LogP contribution in [0.3, 0.4) is 0 Å². The summed E-state index contributed by atoms with van der Waals surface area (Å²) < 4.78 is 11.1. The SMILES string of the molecule is CC(C)Oc1cc(OC2CC2)c(C(N)=O)cn1. The second-order valence-electron chi connectivity index (χ2n) is 4.37. The van der Waals surface area contributed by atoms with Gasteiger partial charge in [0.2, 0.25) is 5.88 Å². The molecule has 1 heterocycles. The Kier molecular flexibility index (Phi) is 3.17. The van der Waals surface area contributed by atoms with Gasteiger partial charge in [0.25, 0.3) is 5.91 Å². The first-order valence-corrected chi connectivity index (χ1v) is 5.69. The van der Waals surface area contributed by atoms with Crippen LogP contribution in [0.15, 0.2) is 12.3 Å². The number of primary amides is 1. The molecule has 1 amide bonds. The number of ether oxygens (including phenoxy) is 2. The van der Waals surface area contributed by atoms with E-state index in [-0.39, 0.29) is 12.2 Å². The molecule has 1 aromatic rings. The van der Waals surface area contributed by atoms with Crippen molar-refractivity contribution >= 4 is 5.91 Å². The molecule has 0 saturated heterocycles. The Balaban J connectivity index is 2.24. The van der Waals surface area contributed by atoms with E-state index in [0.717, 1.165) is 12.8 Å². The summed E-state index contributed by atoms with van der Waals surface area (Å²) >= 11 is 0. The van der Waals surface area contributed by atoms with E-state index in [0.29, 0.717) is 17.2 Å². The van der Waals surface area contributed by atoms with Gasteiger partial charge in [-0.3, -0.25) is 4.79 Å². The van der Waals surface area contributed by atoms with Crippen molar-refractivity contribution in [2.45, 2.75) is 38.9 Å². The average Bonchev–Trinajstić information content (AvgIpc) is 3.00. The predicted octanol–water partition coefficient (Wildman–Crippen LogP) is 1.51. The highest BCUT2D eigenvalue weighted by molar-refractivity contribution is 5.95. The minimum Gasteiger partial charge on any atom is -0.489 e. The predicted molar refractivity (Wildman–Crippen MR) is 62.2 cm³/mol. The van der Waals surface area contributed by atoms with Crippen LogP contribution in [0.2, 0.25) is 0 Å². The van der Waals surface area contributed by atoms with E-state index in [4.69, 9.17) is 15.2 Å². The van der Waals surface area contributed by atoms with E-state index >= 15 is 0 Å². The van der Waals surface area contributed by atoms with E-state index in [2.05, 4.69) is 4.98 Å². The van der Waals surface area contributed by atoms with Gasteiger partial charge in [-0.25, -0.2) is 4.98 Å². The standard InChI is InChI=1S/C12H16N2O3/c1-7(2)16-11-5-10(17-8-3-4-8)9(6-14-11)12(13)15/h5-8H,3-4H2,1-2H3,(H2,13,15). The molecular weight excluding hydrogens is 220 g/mol. The highest BCUT2D eigenvalue weighted by atomic mass is 16.5. The van der Waals surface area contributed by atoms with Crippen LogP contribution in [-0.2, 0) is 0 Å². The van der Waals surface area contributed by atoms with Crippen molar-refractivity contribution in [3.05, 3.63) is 17.8 Å². The summed E-state index contributed by atoms with van der Waals surface area (Å²) in [7, 11) is 0. The number of carbonyl (C=O) groups excluding carboxylic acids is 1. The zero-order chi connectivity index (χ0) is 12.4. The molecule has 92 valence electrons. The average molecular weight is 236 g/mol. The van der Waals surface area contributed by atoms with Gasteiger partial charge in [-0.05, 0) is 26.7 Å². The highest BCUT2D eigenvalue weighted by Gasteiger charge is 2.26. The maximum atomic E-state index is 11.2.